The number of hydrogen-bond acceptors (Lipinski definition) is 2. The molecule has 0 aromatic rings. The van der Waals surface area contributed by atoms with Crippen molar-refractivity contribution in [1.29, 1.82) is 0 Å². The first-order valence-electron chi connectivity index (χ1n) is 4.07. The van der Waals surface area contributed by atoms with E-state index in [2.05, 4.69) is 6.58 Å². The third kappa shape index (κ3) is 5.80. The van der Waals surface area contributed by atoms with Crippen LogP contribution < -0.4 is 5.73 Å². The molecule has 64 valence electrons. The van der Waals surface area contributed by atoms with Crippen molar-refractivity contribution in [2.45, 2.75) is 32.6 Å². The number of allylic oxidation sites excluding steroid dienone is 1. The van der Waals surface area contributed by atoms with Crippen LogP contribution in [0.5, 0.6) is 0 Å². The Kier molecular flexibility index (Phi) is 5.75. The first kappa shape index (κ1) is 10.4. The molecule has 0 aliphatic heterocycles. The zero-order valence-corrected chi connectivity index (χ0v) is 7.23. The van der Waals surface area contributed by atoms with E-state index in [0.29, 0.717) is 12.0 Å². The molecule has 0 aliphatic rings. The van der Waals surface area contributed by atoms with Crippen molar-refractivity contribution in [3.8, 4) is 0 Å². The minimum absolute atomic E-state index is 0.182. The Morgan fingerprint density at radius 3 is 2.45 bits per heavy atom. The summed E-state index contributed by atoms with van der Waals surface area (Å²) in [4.78, 5) is 11.0. The van der Waals surface area contributed by atoms with E-state index < -0.39 is 0 Å². The van der Waals surface area contributed by atoms with Gasteiger partial charge in [-0.1, -0.05) is 13.0 Å². The number of unbranched alkanes of at least 4 members (excludes halogenated alkanes) is 2. The minimum atomic E-state index is 0.182. The fraction of sp³-hybridized carbons (Fsp3) is 0.667. The van der Waals surface area contributed by atoms with Gasteiger partial charge < -0.3 is 5.73 Å². The van der Waals surface area contributed by atoms with Gasteiger partial charge in [-0.3, -0.25) is 4.79 Å². The molecule has 0 aliphatic carbocycles. The lowest BCUT2D eigenvalue weighted by molar-refractivity contribution is -0.115. The van der Waals surface area contributed by atoms with Crippen molar-refractivity contribution in [1.82, 2.24) is 0 Å². The number of ketones is 1. The van der Waals surface area contributed by atoms with Crippen LogP contribution in [0, 0.1) is 0 Å². The molecule has 0 heterocycles. The molecule has 0 saturated carbocycles. The fourth-order valence-corrected chi connectivity index (χ4v) is 0.820. The first-order valence-corrected chi connectivity index (χ1v) is 4.07. The Morgan fingerprint density at radius 2 is 2.00 bits per heavy atom. The van der Waals surface area contributed by atoms with Crippen molar-refractivity contribution >= 4 is 5.78 Å². The van der Waals surface area contributed by atoms with Gasteiger partial charge in [0.1, 0.15) is 0 Å². The van der Waals surface area contributed by atoms with Crippen molar-refractivity contribution in [3.63, 3.8) is 0 Å². The van der Waals surface area contributed by atoms with E-state index in [-0.39, 0.29) is 5.78 Å². The highest BCUT2D eigenvalue weighted by Gasteiger charge is 2.00. The van der Waals surface area contributed by atoms with Crippen LogP contribution in [0.25, 0.3) is 0 Å². The number of nitrogens with two attached hydrogens (primary N) is 1. The molecule has 0 saturated heterocycles. The van der Waals surface area contributed by atoms with Crippen LogP contribution >= 0.6 is 0 Å². The molecule has 0 spiro atoms. The van der Waals surface area contributed by atoms with E-state index in [4.69, 9.17) is 5.73 Å². The smallest absolute Gasteiger partial charge is 0.157 e. The molecule has 2 N–H and O–H groups in total. The van der Waals surface area contributed by atoms with Crippen LogP contribution in [0.4, 0.5) is 0 Å². The Morgan fingerprint density at radius 1 is 1.36 bits per heavy atom. The summed E-state index contributed by atoms with van der Waals surface area (Å²) in [5.41, 5.74) is 5.97. The number of carbonyl (C=O) groups excluding carboxylic acids is 1. The van der Waals surface area contributed by atoms with Crippen LogP contribution in [0.15, 0.2) is 12.2 Å². The van der Waals surface area contributed by atoms with E-state index in [1.807, 2.05) is 0 Å². The summed E-state index contributed by atoms with van der Waals surface area (Å²) in [6, 6.07) is 0. The van der Waals surface area contributed by atoms with Gasteiger partial charge in [0.25, 0.3) is 0 Å². The van der Waals surface area contributed by atoms with Gasteiger partial charge >= 0.3 is 0 Å². The topological polar surface area (TPSA) is 43.1 Å². The normalized spacial score (nSPS) is 9.64. The van der Waals surface area contributed by atoms with E-state index in [0.717, 1.165) is 25.8 Å². The molecule has 0 rings (SSSR count). The van der Waals surface area contributed by atoms with Crippen LogP contribution in [0.2, 0.25) is 0 Å². The third-order valence-corrected chi connectivity index (χ3v) is 1.58. The van der Waals surface area contributed by atoms with E-state index in [1.54, 1.807) is 6.92 Å². The number of hydrogen-bond donors (Lipinski definition) is 1. The lowest BCUT2D eigenvalue weighted by Crippen LogP contribution is -2.00. The summed E-state index contributed by atoms with van der Waals surface area (Å²) in [6.45, 7) is 6.06. The van der Waals surface area contributed by atoms with Gasteiger partial charge in [0.2, 0.25) is 0 Å². The van der Waals surface area contributed by atoms with Gasteiger partial charge in [-0.15, -0.1) is 0 Å². The molecule has 11 heavy (non-hydrogen) atoms. The summed E-state index contributed by atoms with van der Waals surface area (Å²) in [6.07, 6.45) is 3.65. The molecule has 0 aromatic heterocycles. The van der Waals surface area contributed by atoms with E-state index >= 15 is 0 Å². The lowest BCUT2D eigenvalue weighted by atomic mass is 10.1. The molecule has 0 radical (unpaired) electrons. The SMILES string of the molecule is C=C(C)C(=O)CCCCCN. The van der Waals surface area contributed by atoms with Crippen LogP contribution in [-0.4, -0.2) is 12.3 Å². The van der Waals surface area contributed by atoms with Gasteiger partial charge in [-0.25, -0.2) is 0 Å². The number of carbonyl (C=O) groups is 1. The molecule has 2 nitrogen and oxygen atoms in total. The Labute approximate surface area is 68.5 Å². The zero-order chi connectivity index (χ0) is 8.69. The van der Waals surface area contributed by atoms with Crippen LogP contribution in [-0.2, 0) is 4.79 Å². The second-order valence-corrected chi connectivity index (χ2v) is 2.80. The van der Waals surface area contributed by atoms with Crippen molar-refractivity contribution in [2.24, 2.45) is 5.73 Å². The Balaban J connectivity index is 3.25. The summed E-state index contributed by atoms with van der Waals surface area (Å²) < 4.78 is 0. The molecule has 0 unspecified atom stereocenters. The maximum absolute atomic E-state index is 11.0. The molecule has 0 aromatic carbocycles. The molecule has 0 amide bonds. The van der Waals surface area contributed by atoms with Crippen LogP contribution in [0.3, 0.4) is 0 Å². The quantitative estimate of drug-likeness (QED) is 0.468. The summed E-state index contributed by atoms with van der Waals surface area (Å²) in [7, 11) is 0. The monoisotopic (exact) mass is 155 g/mol. The van der Waals surface area contributed by atoms with Crippen molar-refractivity contribution < 1.29 is 4.79 Å². The maximum atomic E-state index is 11.0. The zero-order valence-electron chi connectivity index (χ0n) is 7.23. The second kappa shape index (κ2) is 6.10. The Bertz CT molecular complexity index is 140. The van der Waals surface area contributed by atoms with Gasteiger partial charge in [-0.2, -0.15) is 0 Å². The van der Waals surface area contributed by atoms with Gasteiger partial charge in [0, 0.05) is 6.42 Å². The fourth-order valence-electron chi connectivity index (χ4n) is 0.820. The summed E-state index contributed by atoms with van der Waals surface area (Å²) >= 11 is 0. The second-order valence-electron chi connectivity index (χ2n) is 2.80. The first-order chi connectivity index (χ1) is 5.18. The average Bonchev–Trinajstić information content (AvgIpc) is 1.97. The van der Waals surface area contributed by atoms with Gasteiger partial charge in [0.05, 0.1) is 0 Å². The highest BCUT2D eigenvalue weighted by molar-refractivity contribution is 5.93. The molecular weight excluding hydrogens is 138 g/mol. The molecule has 0 fully saturated rings. The minimum Gasteiger partial charge on any atom is -0.330 e. The number of rotatable bonds is 6. The predicted octanol–water partition coefficient (Wildman–Crippen LogP) is 1.65. The Hall–Kier alpha value is -0.630. The summed E-state index contributed by atoms with van der Waals surface area (Å²) in [5.74, 6) is 0.182. The number of Topliss-reactive ketones (excluding diaryl/α,β-unsaturated/α-hetero) is 1. The van der Waals surface area contributed by atoms with Gasteiger partial charge in [0.15, 0.2) is 5.78 Å². The largest absolute Gasteiger partial charge is 0.330 e. The van der Waals surface area contributed by atoms with Gasteiger partial charge in [-0.05, 0) is 31.9 Å². The molecule has 0 bridgehead atoms. The van der Waals surface area contributed by atoms with Crippen LogP contribution in [0.1, 0.15) is 32.6 Å². The van der Waals surface area contributed by atoms with E-state index in [9.17, 15) is 4.79 Å². The standard InChI is InChI=1S/C9H17NO/c1-8(2)9(11)6-4-3-5-7-10/h1,3-7,10H2,2H3. The highest BCUT2D eigenvalue weighted by atomic mass is 16.1. The van der Waals surface area contributed by atoms with E-state index in [1.165, 1.54) is 0 Å². The lowest BCUT2D eigenvalue weighted by Gasteiger charge is -1.98. The van der Waals surface area contributed by atoms with Crippen molar-refractivity contribution in [2.75, 3.05) is 6.54 Å². The highest BCUT2D eigenvalue weighted by Crippen LogP contribution is 2.03. The summed E-state index contributed by atoms with van der Waals surface area (Å²) in [5, 5.41) is 0. The maximum Gasteiger partial charge on any atom is 0.157 e. The molecule has 0 atom stereocenters. The predicted molar refractivity (Wildman–Crippen MR) is 47.3 cm³/mol. The van der Waals surface area contributed by atoms with Crippen molar-refractivity contribution in [3.05, 3.63) is 12.2 Å². The molecule has 2 heteroatoms. The average molecular weight is 155 g/mol. The molecular formula is C9H17NO. The third-order valence-electron chi connectivity index (χ3n) is 1.58.